The maximum absolute atomic E-state index is 5.83. The van der Waals surface area contributed by atoms with Crippen LogP contribution in [-0.2, 0) is 6.54 Å². The first-order valence-corrected chi connectivity index (χ1v) is 7.44. The lowest BCUT2D eigenvalue weighted by molar-refractivity contribution is 0.105. The van der Waals surface area contributed by atoms with Crippen molar-refractivity contribution in [3.05, 3.63) is 23.8 Å². The van der Waals surface area contributed by atoms with Crippen LogP contribution in [0.1, 0.15) is 37.7 Å². The molecule has 1 aromatic carbocycles. The molecule has 2 unspecified atom stereocenters. The van der Waals surface area contributed by atoms with E-state index in [9.17, 15) is 0 Å². The van der Waals surface area contributed by atoms with E-state index in [4.69, 9.17) is 10.5 Å². The summed E-state index contributed by atoms with van der Waals surface area (Å²) >= 11 is 0. The number of hydrogen-bond donors (Lipinski definition) is 1. The lowest BCUT2D eigenvalue weighted by atomic mass is 9.91. The molecule has 2 N–H and O–H groups in total. The Bertz CT molecular complexity index is 446. The van der Waals surface area contributed by atoms with Crippen LogP contribution in [0.4, 0.5) is 5.69 Å². The number of likely N-dealkylation sites (tertiary alicyclic amines) is 1. The lowest BCUT2D eigenvalue weighted by Gasteiger charge is -2.38. The first kappa shape index (κ1) is 12.8. The molecule has 0 bridgehead atoms. The second kappa shape index (κ2) is 5.41. The van der Waals surface area contributed by atoms with Gasteiger partial charge >= 0.3 is 0 Å². The highest BCUT2D eigenvalue weighted by Gasteiger charge is 2.34. The third kappa shape index (κ3) is 2.57. The number of piperidine rings is 1. The van der Waals surface area contributed by atoms with Crippen LogP contribution in [0.2, 0.25) is 0 Å². The molecule has 0 amide bonds. The van der Waals surface area contributed by atoms with Crippen LogP contribution in [0.5, 0.6) is 5.75 Å². The van der Waals surface area contributed by atoms with Crippen molar-refractivity contribution in [3.8, 4) is 5.75 Å². The zero-order valence-electron chi connectivity index (χ0n) is 11.8. The smallest absolute Gasteiger partial charge is 0.125 e. The van der Waals surface area contributed by atoms with Gasteiger partial charge in [0.2, 0.25) is 0 Å². The molecule has 1 aliphatic carbocycles. The Balaban J connectivity index is 1.77. The molecule has 1 saturated heterocycles. The van der Waals surface area contributed by atoms with Crippen LogP contribution in [-0.4, -0.2) is 24.6 Å². The molecule has 0 aromatic heterocycles. The molecule has 2 fully saturated rings. The normalized spacial score (nSPS) is 27.2. The molecule has 104 valence electrons. The van der Waals surface area contributed by atoms with Crippen LogP contribution in [0.15, 0.2) is 18.2 Å². The van der Waals surface area contributed by atoms with E-state index in [1.807, 2.05) is 12.1 Å². The number of anilines is 1. The number of hydrogen-bond acceptors (Lipinski definition) is 3. The van der Waals surface area contributed by atoms with Crippen LogP contribution < -0.4 is 10.5 Å². The van der Waals surface area contributed by atoms with Crippen LogP contribution in [0, 0.1) is 5.92 Å². The molecule has 1 aliphatic heterocycles. The summed E-state index contributed by atoms with van der Waals surface area (Å²) < 4.78 is 5.47. The van der Waals surface area contributed by atoms with E-state index in [2.05, 4.69) is 11.0 Å². The highest BCUT2D eigenvalue weighted by Crippen LogP contribution is 2.38. The molecule has 1 heterocycles. The summed E-state index contributed by atoms with van der Waals surface area (Å²) in [5.41, 5.74) is 7.87. The van der Waals surface area contributed by atoms with Crippen LogP contribution in [0.3, 0.4) is 0 Å². The fourth-order valence-corrected chi connectivity index (χ4v) is 3.86. The van der Waals surface area contributed by atoms with E-state index in [1.165, 1.54) is 44.2 Å². The predicted octanol–water partition coefficient (Wildman–Crippen LogP) is 3.04. The molecule has 3 rings (SSSR count). The van der Waals surface area contributed by atoms with E-state index in [0.29, 0.717) is 0 Å². The van der Waals surface area contributed by atoms with Crippen molar-refractivity contribution < 1.29 is 4.74 Å². The maximum Gasteiger partial charge on any atom is 0.125 e. The molecular weight excluding hydrogens is 236 g/mol. The van der Waals surface area contributed by atoms with Gasteiger partial charge in [-0.1, -0.05) is 12.5 Å². The van der Waals surface area contributed by atoms with Gasteiger partial charge in [-0.05, 0) is 44.2 Å². The number of methoxy groups -OCH3 is 1. The maximum atomic E-state index is 5.83. The summed E-state index contributed by atoms with van der Waals surface area (Å²) in [6, 6.07) is 6.84. The van der Waals surface area contributed by atoms with Gasteiger partial charge in [-0.2, -0.15) is 0 Å². The zero-order valence-corrected chi connectivity index (χ0v) is 11.8. The van der Waals surface area contributed by atoms with Crippen LogP contribution in [0.25, 0.3) is 0 Å². The van der Waals surface area contributed by atoms with E-state index < -0.39 is 0 Å². The number of rotatable bonds is 3. The van der Waals surface area contributed by atoms with E-state index >= 15 is 0 Å². The third-order valence-electron chi connectivity index (χ3n) is 4.79. The van der Waals surface area contributed by atoms with Gasteiger partial charge in [0, 0.05) is 29.9 Å². The Hall–Kier alpha value is -1.22. The minimum atomic E-state index is 0.776. The zero-order chi connectivity index (χ0) is 13.2. The summed E-state index contributed by atoms with van der Waals surface area (Å²) in [4.78, 5) is 2.66. The van der Waals surface area contributed by atoms with Crippen molar-refractivity contribution in [2.75, 3.05) is 19.4 Å². The summed E-state index contributed by atoms with van der Waals surface area (Å²) in [6.07, 6.45) is 6.99. The van der Waals surface area contributed by atoms with Gasteiger partial charge in [0.05, 0.1) is 7.11 Å². The third-order valence-corrected chi connectivity index (χ3v) is 4.79. The molecule has 2 aliphatic rings. The van der Waals surface area contributed by atoms with Gasteiger partial charge < -0.3 is 10.5 Å². The van der Waals surface area contributed by atoms with Gasteiger partial charge in [0.25, 0.3) is 0 Å². The first-order chi connectivity index (χ1) is 9.28. The van der Waals surface area contributed by atoms with Gasteiger partial charge in [-0.3, -0.25) is 4.90 Å². The summed E-state index contributed by atoms with van der Waals surface area (Å²) in [5, 5.41) is 0. The Kier molecular flexibility index (Phi) is 3.65. The van der Waals surface area contributed by atoms with E-state index in [1.54, 1.807) is 7.11 Å². The summed E-state index contributed by atoms with van der Waals surface area (Å²) in [7, 11) is 1.73. The quantitative estimate of drug-likeness (QED) is 0.849. The first-order valence-electron chi connectivity index (χ1n) is 7.44. The average molecular weight is 260 g/mol. The Morgan fingerprint density at radius 1 is 1.26 bits per heavy atom. The fourth-order valence-electron chi connectivity index (χ4n) is 3.86. The highest BCUT2D eigenvalue weighted by atomic mass is 16.5. The molecule has 19 heavy (non-hydrogen) atoms. The summed E-state index contributed by atoms with van der Waals surface area (Å²) in [5.74, 6) is 1.87. The monoisotopic (exact) mass is 260 g/mol. The van der Waals surface area contributed by atoms with Crippen molar-refractivity contribution in [1.82, 2.24) is 4.90 Å². The molecular formula is C16H24N2O. The van der Waals surface area contributed by atoms with Crippen molar-refractivity contribution in [1.29, 1.82) is 0 Å². The van der Waals surface area contributed by atoms with E-state index in [-0.39, 0.29) is 0 Å². The van der Waals surface area contributed by atoms with Crippen molar-refractivity contribution in [3.63, 3.8) is 0 Å². The number of nitrogens with two attached hydrogens (primary N) is 1. The molecule has 1 saturated carbocycles. The molecule has 3 heteroatoms. The van der Waals surface area contributed by atoms with Crippen molar-refractivity contribution in [2.24, 2.45) is 5.92 Å². The second-order valence-corrected chi connectivity index (χ2v) is 5.94. The van der Waals surface area contributed by atoms with Crippen molar-refractivity contribution in [2.45, 2.75) is 44.7 Å². The minimum absolute atomic E-state index is 0.776. The molecule has 2 atom stereocenters. The van der Waals surface area contributed by atoms with Gasteiger partial charge in [-0.25, -0.2) is 0 Å². The number of nitrogens with zero attached hydrogens (tertiary/aromatic N) is 1. The highest BCUT2D eigenvalue weighted by molar-refractivity contribution is 5.48. The molecule has 0 radical (unpaired) electrons. The predicted molar refractivity (Wildman–Crippen MR) is 78.2 cm³/mol. The van der Waals surface area contributed by atoms with Gasteiger partial charge in [-0.15, -0.1) is 0 Å². The summed E-state index contributed by atoms with van der Waals surface area (Å²) in [6.45, 7) is 2.24. The minimum Gasteiger partial charge on any atom is -0.496 e. The number of ether oxygens (including phenoxy) is 1. The standard InChI is InChI=1S/C16H24N2O/c1-19-16-10-14(17)8-7-13(16)11-18-9-3-5-12-4-2-6-15(12)18/h7-8,10,12,15H,2-6,9,11,17H2,1H3. The SMILES string of the molecule is COc1cc(N)ccc1CN1CCCC2CCCC21. The second-order valence-electron chi connectivity index (χ2n) is 5.94. The Labute approximate surface area is 115 Å². The molecule has 3 nitrogen and oxygen atoms in total. The number of fused-ring (bicyclic) bond motifs is 1. The van der Waals surface area contributed by atoms with Gasteiger partial charge in [0.15, 0.2) is 0 Å². The number of benzene rings is 1. The average Bonchev–Trinajstić information content (AvgIpc) is 2.90. The molecule has 0 spiro atoms. The Morgan fingerprint density at radius 3 is 2.95 bits per heavy atom. The molecule has 1 aromatic rings. The Morgan fingerprint density at radius 2 is 2.11 bits per heavy atom. The topological polar surface area (TPSA) is 38.5 Å². The van der Waals surface area contributed by atoms with Gasteiger partial charge in [0.1, 0.15) is 5.75 Å². The van der Waals surface area contributed by atoms with Crippen LogP contribution >= 0.6 is 0 Å². The van der Waals surface area contributed by atoms with Crippen molar-refractivity contribution >= 4 is 5.69 Å². The lowest BCUT2D eigenvalue weighted by Crippen LogP contribution is -2.41. The fraction of sp³-hybridized carbons (Fsp3) is 0.625. The van der Waals surface area contributed by atoms with E-state index in [0.717, 1.165) is 29.9 Å². The number of nitrogen functional groups attached to an aromatic ring is 1. The largest absolute Gasteiger partial charge is 0.496 e.